The second kappa shape index (κ2) is 8.87. The predicted octanol–water partition coefficient (Wildman–Crippen LogP) is 0.996. The number of Topliss-reactive ketones (excluding diaryl/α,β-unsaturated/α-hetero) is 1. The number of benzene rings is 3. The molecule has 0 bridgehead atoms. The number of fused-ring (bicyclic) bond motifs is 1. The first-order valence-electron chi connectivity index (χ1n) is 9.50. The van der Waals surface area contributed by atoms with Crippen LogP contribution in [0, 0.1) is 5.41 Å². The van der Waals surface area contributed by atoms with Crippen LogP contribution in [0.5, 0.6) is 0 Å². The van der Waals surface area contributed by atoms with Crippen LogP contribution < -0.4 is 16.2 Å². The lowest BCUT2D eigenvalue weighted by Gasteiger charge is -2.23. The Morgan fingerprint density at radius 2 is 1.62 bits per heavy atom. The number of carbonyl (C=O) groups excluding carboxylic acids is 1. The molecule has 9 nitrogen and oxygen atoms in total. The van der Waals surface area contributed by atoms with Gasteiger partial charge in [0.15, 0.2) is 11.3 Å². The van der Waals surface area contributed by atoms with Crippen LogP contribution in [0.3, 0.4) is 0 Å². The first-order chi connectivity index (χ1) is 15.0. The van der Waals surface area contributed by atoms with Crippen molar-refractivity contribution < 1.29 is 23.1 Å². The van der Waals surface area contributed by atoms with Crippen LogP contribution in [0.2, 0.25) is 0 Å². The monoisotopic (exact) mass is 454 g/mol. The van der Waals surface area contributed by atoms with Gasteiger partial charge in [-0.3, -0.25) is 10.2 Å². The first kappa shape index (κ1) is 23.1. The molecule has 0 heterocycles. The number of amidine groups is 1. The van der Waals surface area contributed by atoms with Crippen molar-refractivity contribution in [3.63, 3.8) is 0 Å². The highest BCUT2D eigenvalue weighted by molar-refractivity contribution is 7.89. The summed E-state index contributed by atoms with van der Waals surface area (Å²) in [5.74, 6) is -2.74. The Bertz CT molecular complexity index is 1310. The Kier molecular flexibility index (Phi) is 6.40. The predicted molar refractivity (Wildman–Crippen MR) is 120 cm³/mol. The smallest absolute Gasteiger partial charge is 0.331 e. The zero-order valence-corrected chi connectivity index (χ0v) is 17.7. The van der Waals surface area contributed by atoms with E-state index in [4.69, 9.17) is 16.9 Å². The standard InChI is InChI=1S/C22H22N4O5S/c23-20(24)16-7-5-14(6-8-16)12-22(25,21(28)29)19(27)13-26-32(30,31)18-10-9-15-3-1-2-4-17(15)11-18/h1-11,26H,12-13,25H2,(H3,23,24)(H,28,29)/t22-/m1/s1. The van der Waals surface area contributed by atoms with E-state index in [0.29, 0.717) is 16.5 Å². The summed E-state index contributed by atoms with van der Waals surface area (Å²) in [5, 5.41) is 18.5. The van der Waals surface area contributed by atoms with Crippen LogP contribution in [0.25, 0.3) is 10.8 Å². The zero-order valence-electron chi connectivity index (χ0n) is 16.9. The van der Waals surface area contributed by atoms with Crippen molar-refractivity contribution in [2.45, 2.75) is 16.9 Å². The number of nitrogen functional groups attached to an aromatic ring is 1. The summed E-state index contributed by atoms with van der Waals surface area (Å²) >= 11 is 0. The average Bonchev–Trinajstić information content (AvgIpc) is 2.77. The lowest BCUT2D eigenvalue weighted by molar-refractivity contribution is -0.148. The van der Waals surface area contributed by atoms with E-state index in [2.05, 4.69) is 4.72 Å². The number of sulfonamides is 1. The topological polar surface area (TPSA) is 176 Å². The Morgan fingerprint density at radius 1 is 1.00 bits per heavy atom. The van der Waals surface area contributed by atoms with Crippen molar-refractivity contribution in [1.29, 1.82) is 5.41 Å². The van der Waals surface area contributed by atoms with E-state index in [1.165, 1.54) is 36.4 Å². The number of carboxylic acids is 1. The molecule has 0 saturated heterocycles. The molecule has 32 heavy (non-hydrogen) atoms. The molecule has 0 spiro atoms. The van der Waals surface area contributed by atoms with Crippen molar-refractivity contribution in [1.82, 2.24) is 4.72 Å². The molecular weight excluding hydrogens is 432 g/mol. The highest BCUT2D eigenvalue weighted by atomic mass is 32.2. The molecule has 3 rings (SSSR count). The Hall–Kier alpha value is -3.60. The summed E-state index contributed by atoms with van der Waals surface area (Å²) in [6.45, 7) is -0.788. The van der Waals surface area contributed by atoms with Gasteiger partial charge >= 0.3 is 5.97 Å². The quantitative estimate of drug-likeness (QED) is 0.182. The molecule has 0 radical (unpaired) electrons. The second-order valence-electron chi connectivity index (χ2n) is 7.32. The van der Waals surface area contributed by atoms with E-state index < -0.39 is 33.9 Å². The molecule has 0 unspecified atom stereocenters. The molecule has 7 N–H and O–H groups in total. The van der Waals surface area contributed by atoms with Gasteiger partial charge in [-0.2, -0.15) is 0 Å². The number of carbonyl (C=O) groups is 2. The third-order valence-electron chi connectivity index (χ3n) is 5.08. The van der Waals surface area contributed by atoms with E-state index in [0.717, 1.165) is 5.39 Å². The van der Waals surface area contributed by atoms with Crippen LogP contribution in [0.15, 0.2) is 71.6 Å². The maximum absolute atomic E-state index is 12.7. The molecule has 3 aromatic rings. The van der Waals surface area contributed by atoms with Crippen LogP contribution in [-0.2, 0) is 26.0 Å². The third-order valence-corrected chi connectivity index (χ3v) is 6.48. The molecular formula is C22H22N4O5S. The summed E-state index contributed by atoms with van der Waals surface area (Å²) in [7, 11) is -4.08. The largest absolute Gasteiger partial charge is 0.480 e. The Balaban J connectivity index is 1.77. The minimum Gasteiger partial charge on any atom is -0.480 e. The van der Waals surface area contributed by atoms with Gasteiger partial charge in [0.05, 0.1) is 11.4 Å². The van der Waals surface area contributed by atoms with Crippen LogP contribution in [0.4, 0.5) is 0 Å². The van der Waals surface area contributed by atoms with Crippen LogP contribution in [-0.4, -0.2) is 43.2 Å². The number of nitrogens with two attached hydrogens (primary N) is 2. The maximum Gasteiger partial charge on any atom is 0.331 e. The number of carboxylic acid groups (broad SMARTS) is 1. The van der Waals surface area contributed by atoms with Gasteiger partial charge in [-0.05, 0) is 28.5 Å². The van der Waals surface area contributed by atoms with Crippen LogP contribution in [0.1, 0.15) is 11.1 Å². The van der Waals surface area contributed by atoms with E-state index in [1.54, 1.807) is 18.2 Å². The van der Waals surface area contributed by atoms with Crippen molar-refractivity contribution in [2.24, 2.45) is 11.5 Å². The van der Waals surface area contributed by atoms with Crippen molar-refractivity contribution in [2.75, 3.05) is 6.54 Å². The SMILES string of the molecule is N=C(N)c1ccc(C[C@](N)(C(=O)O)C(=O)CNS(=O)(=O)c2ccc3ccccc3c2)cc1. The van der Waals surface area contributed by atoms with Gasteiger partial charge in [-0.1, -0.05) is 54.6 Å². The molecule has 0 saturated carbocycles. The fourth-order valence-corrected chi connectivity index (χ4v) is 4.17. The van der Waals surface area contributed by atoms with E-state index in [1.807, 2.05) is 12.1 Å². The number of hydrogen-bond acceptors (Lipinski definition) is 6. The fourth-order valence-electron chi connectivity index (χ4n) is 3.15. The Labute approximate surface area is 184 Å². The summed E-state index contributed by atoms with van der Waals surface area (Å²) in [4.78, 5) is 24.4. The van der Waals surface area contributed by atoms with Crippen molar-refractivity contribution >= 4 is 38.4 Å². The van der Waals surface area contributed by atoms with Crippen molar-refractivity contribution in [3.8, 4) is 0 Å². The third kappa shape index (κ3) is 4.83. The highest BCUT2D eigenvalue weighted by Crippen LogP contribution is 2.19. The lowest BCUT2D eigenvalue weighted by atomic mass is 9.87. The van der Waals surface area contributed by atoms with Crippen LogP contribution >= 0.6 is 0 Å². The number of nitrogens with one attached hydrogen (secondary N) is 2. The number of rotatable bonds is 9. The molecule has 0 aliphatic carbocycles. The normalized spacial score (nSPS) is 13.4. The molecule has 10 heteroatoms. The van der Waals surface area contributed by atoms with E-state index in [-0.39, 0.29) is 17.2 Å². The number of aliphatic carboxylic acids is 1. The highest BCUT2D eigenvalue weighted by Gasteiger charge is 2.42. The van der Waals surface area contributed by atoms with Gasteiger partial charge in [0.2, 0.25) is 10.0 Å². The summed E-state index contributed by atoms with van der Waals surface area (Å²) in [5.41, 5.74) is 9.81. The molecule has 0 amide bonds. The van der Waals surface area contributed by atoms with Crippen molar-refractivity contribution in [3.05, 3.63) is 77.9 Å². The molecule has 1 atom stereocenters. The maximum atomic E-state index is 12.7. The Morgan fingerprint density at radius 3 is 2.22 bits per heavy atom. The van der Waals surface area contributed by atoms with E-state index in [9.17, 15) is 23.1 Å². The minimum absolute atomic E-state index is 0.0539. The molecule has 3 aromatic carbocycles. The molecule has 0 fully saturated rings. The van der Waals surface area contributed by atoms with Gasteiger partial charge in [0, 0.05) is 12.0 Å². The minimum atomic E-state index is -4.08. The zero-order chi connectivity index (χ0) is 23.5. The summed E-state index contributed by atoms with van der Waals surface area (Å²) in [6, 6.07) is 17.7. The molecule has 166 valence electrons. The van der Waals surface area contributed by atoms with Gasteiger partial charge in [0.25, 0.3) is 0 Å². The second-order valence-corrected chi connectivity index (χ2v) is 9.09. The number of ketones is 1. The number of hydrogen-bond donors (Lipinski definition) is 5. The molecule has 0 aromatic heterocycles. The van der Waals surface area contributed by atoms with Gasteiger partial charge in [-0.25, -0.2) is 17.9 Å². The van der Waals surface area contributed by atoms with Gasteiger partial charge in [0.1, 0.15) is 5.84 Å². The van der Waals surface area contributed by atoms with Gasteiger partial charge in [-0.15, -0.1) is 0 Å². The lowest BCUT2D eigenvalue weighted by Crippen LogP contribution is -2.59. The molecule has 0 aliphatic heterocycles. The van der Waals surface area contributed by atoms with Gasteiger partial charge < -0.3 is 16.6 Å². The fraction of sp³-hybridized carbons (Fsp3) is 0.136. The molecule has 0 aliphatic rings. The summed E-state index contributed by atoms with van der Waals surface area (Å²) in [6.07, 6.45) is -0.364. The summed E-state index contributed by atoms with van der Waals surface area (Å²) < 4.78 is 27.5. The van der Waals surface area contributed by atoms with E-state index >= 15 is 0 Å². The average molecular weight is 455 g/mol. The first-order valence-corrected chi connectivity index (χ1v) is 11.0.